The van der Waals surface area contributed by atoms with Gasteiger partial charge in [-0.05, 0) is 46.3 Å². The standard InChI is InChI=1S/C14H12BrNO4/c15-11-5-3-9(14(18)19)8-12(11)16-13(17)6-4-10-2-1-7-20-10/h1-3,5,7-8H,4,6H2,(H,16,17)(H,18,19). The molecule has 20 heavy (non-hydrogen) atoms. The van der Waals surface area contributed by atoms with E-state index in [1.54, 1.807) is 24.5 Å². The summed E-state index contributed by atoms with van der Waals surface area (Å²) in [5.74, 6) is -0.508. The average Bonchev–Trinajstić information content (AvgIpc) is 2.92. The van der Waals surface area contributed by atoms with Gasteiger partial charge in [0.1, 0.15) is 5.76 Å². The molecule has 2 aromatic rings. The fourth-order valence-electron chi connectivity index (χ4n) is 1.66. The second-order valence-electron chi connectivity index (χ2n) is 4.13. The van der Waals surface area contributed by atoms with Crippen LogP contribution in [0, 0.1) is 0 Å². The molecule has 2 rings (SSSR count). The van der Waals surface area contributed by atoms with Crippen molar-refractivity contribution in [2.24, 2.45) is 0 Å². The van der Waals surface area contributed by atoms with Crippen LogP contribution in [0.25, 0.3) is 0 Å². The van der Waals surface area contributed by atoms with Gasteiger partial charge in [-0.15, -0.1) is 0 Å². The van der Waals surface area contributed by atoms with Crippen molar-refractivity contribution >= 4 is 33.5 Å². The Morgan fingerprint density at radius 2 is 2.10 bits per heavy atom. The first-order valence-corrected chi connectivity index (χ1v) is 6.70. The number of hydrogen-bond donors (Lipinski definition) is 2. The Morgan fingerprint density at radius 3 is 2.75 bits per heavy atom. The topological polar surface area (TPSA) is 79.5 Å². The molecule has 0 saturated heterocycles. The lowest BCUT2D eigenvalue weighted by Gasteiger charge is -2.08. The zero-order valence-corrected chi connectivity index (χ0v) is 12.0. The van der Waals surface area contributed by atoms with Gasteiger partial charge in [0.05, 0.1) is 17.5 Å². The minimum Gasteiger partial charge on any atom is -0.478 e. The number of halogens is 1. The van der Waals surface area contributed by atoms with E-state index in [4.69, 9.17) is 9.52 Å². The van der Waals surface area contributed by atoms with Crippen LogP contribution < -0.4 is 5.32 Å². The number of rotatable bonds is 5. The molecule has 0 aliphatic heterocycles. The maximum absolute atomic E-state index is 11.8. The minimum atomic E-state index is -1.04. The van der Waals surface area contributed by atoms with Gasteiger partial charge in [-0.3, -0.25) is 4.79 Å². The van der Waals surface area contributed by atoms with Crippen LogP contribution >= 0.6 is 15.9 Å². The van der Waals surface area contributed by atoms with Crippen molar-refractivity contribution in [1.29, 1.82) is 0 Å². The van der Waals surface area contributed by atoms with E-state index in [1.807, 2.05) is 0 Å². The summed E-state index contributed by atoms with van der Waals surface area (Å²) in [6.07, 6.45) is 2.31. The number of amides is 1. The molecule has 0 atom stereocenters. The highest BCUT2D eigenvalue weighted by atomic mass is 79.9. The Bertz CT molecular complexity index is 622. The number of carboxylic acids is 1. The summed E-state index contributed by atoms with van der Waals surface area (Å²) in [4.78, 5) is 22.7. The van der Waals surface area contributed by atoms with Gasteiger partial charge in [0, 0.05) is 17.3 Å². The molecule has 0 unspecified atom stereocenters. The fourth-order valence-corrected chi connectivity index (χ4v) is 2.00. The molecule has 1 amide bonds. The monoisotopic (exact) mass is 337 g/mol. The molecule has 0 radical (unpaired) electrons. The van der Waals surface area contributed by atoms with Crippen molar-refractivity contribution in [1.82, 2.24) is 0 Å². The number of carboxylic acid groups (broad SMARTS) is 1. The van der Waals surface area contributed by atoms with Crippen molar-refractivity contribution in [3.8, 4) is 0 Å². The van der Waals surface area contributed by atoms with Crippen molar-refractivity contribution in [2.75, 3.05) is 5.32 Å². The van der Waals surface area contributed by atoms with E-state index in [1.165, 1.54) is 12.1 Å². The van der Waals surface area contributed by atoms with Gasteiger partial charge in [0.25, 0.3) is 0 Å². The number of furan rings is 1. The lowest BCUT2D eigenvalue weighted by atomic mass is 10.2. The van der Waals surface area contributed by atoms with E-state index >= 15 is 0 Å². The smallest absolute Gasteiger partial charge is 0.335 e. The number of aromatic carboxylic acids is 1. The highest BCUT2D eigenvalue weighted by Gasteiger charge is 2.10. The van der Waals surface area contributed by atoms with E-state index in [0.717, 1.165) is 5.76 Å². The molecule has 2 N–H and O–H groups in total. The highest BCUT2D eigenvalue weighted by Crippen LogP contribution is 2.24. The number of hydrogen-bond acceptors (Lipinski definition) is 3. The quantitative estimate of drug-likeness (QED) is 0.877. The van der Waals surface area contributed by atoms with Crippen LogP contribution in [0.2, 0.25) is 0 Å². The molecule has 0 aliphatic rings. The molecular formula is C14H12BrNO4. The van der Waals surface area contributed by atoms with E-state index in [2.05, 4.69) is 21.2 Å². The Hall–Kier alpha value is -2.08. The van der Waals surface area contributed by atoms with Crippen molar-refractivity contribution in [2.45, 2.75) is 12.8 Å². The second-order valence-corrected chi connectivity index (χ2v) is 4.98. The number of aryl methyl sites for hydroxylation is 1. The zero-order chi connectivity index (χ0) is 14.5. The summed E-state index contributed by atoms with van der Waals surface area (Å²) in [6.45, 7) is 0. The van der Waals surface area contributed by atoms with E-state index in [-0.39, 0.29) is 17.9 Å². The summed E-state index contributed by atoms with van der Waals surface area (Å²) < 4.78 is 5.77. The normalized spacial score (nSPS) is 10.2. The van der Waals surface area contributed by atoms with Crippen LogP contribution in [-0.4, -0.2) is 17.0 Å². The summed E-state index contributed by atoms with van der Waals surface area (Å²) in [7, 11) is 0. The number of nitrogens with one attached hydrogen (secondary N) is 1. The third kappa shape index (κ3) is 3.71. The zero-order valence-electron chi connectivity index (χ0n) is 10.4. The first kappa shape index (κ1) is 14.3. The lowest BCUT2D eigenvalue weighted by Crippen LogP contribution is -2.13. The highest BCUT2D eigenvalue weighted by molar-refractivity contribution is 9.10. The maximum atomic E-state index is 11.8. The van der Waals surface area contributed by atoms with Crippen LogP contribution in [0.3, 0.4) is 0 Å². The number of benzene rings is 1. The minimum absolute atomic E-state index is 0.120. The Morgan fingerprint density at radius 1 is 1.30 bits per heavy atom. The first-order valence-electron chi connectivity index (χ1n) is 5.91. The van der Waals surface area contributed by atoms with Gasteiger partial charge in [0.2, 0.25) is 5.91 Å². The van der Waals surface area contributed by atoms with Gasteiger partial charge in [-0.25, -0.2) is 4.79 Å². The molecule has 6 heteroatoms. The van der Waals surface area contributed by atoms with Crippen molar-refractivity contribution in [3.05, 3.63) is 52.4 Å². The lowest BCUT2D eigenvalue weighted by molar-refractivity contribution is -0.116. The predicted molar refractivity (Wildman–Crippen MR) is 76.8 cm³/mol. The van der Waals surface area contributed by atoms with Crippen molar-refractivity contribution in [3.63, 3.8) is 0 Å². The first-order chi connectivity index (χ1) is 9.56. The molecule has 104 valence electrons. The summed E-state index contributed by atoms with van der Waals surface area (Å²) in [6, 6.07) is 8.03. The molecule has 5 nitrogen and oxygen atoms in total. The number of carbonyl (C=O) groups excluding carboxylic acids is 1. The van der Waals surface area contributed by atoms with E-state index < -0.39 is 5.97 Å². The van der Waals surface area contributed by atoms with E-state index in [0.29, 0.717) is 16.6 Å². The van der Waals surface area contributed by atoms with Crippen LogP contribution in [0.5, 0.6) is 0 Å². The molecule has 1 aromatic heterocycles. The molecule has 0 spiro atoms. The third-order valence-electron chi connectivity index (χ3n) is 2.67. The molecule has 0 saturated carbocycles. The SMILES string of the molecule is O=C(CCc1ccco1)Nc1cc(C(=O)O)ccc1Br. The molecule has 1 aromatic carbocycles. The molecule has 0 aliphatic carbocycles. The van der Waals surface area contributed by atoms with Crippen molar-refractivity contribution < 1.29 is 19.1 Å². The van der Waals surface area contributed by atoms with Crippen LogP contribution in [0.15, 0.2) is 45.5 Å². The second kappa shape index (κ2) is 6.38. The molecule has 1 heterocycles. The maximum Gasteiger partial charge on any atom is 0.335 e. The Labute approximate surface area is 123 Å². The van der Waals surface area contributed by atoms with Gasteiger partial charge in [-0.2, -0.15) is 0 Å². The van der Waals surface area contributed by atoms with Gasteiger partial charge in [-0.1, -0.05) is 0 Å². The number of anilines is 1. The predicted octanol–water partition coefficient (Wildman–Crippen LogP) is 3.31. The van der Waals surface area contributed by atoms with Crippen LogP contribution in [0.1, 0.15) is 22.5 Å². The number of carbonyl (C=O) groups is 2. The van der Waals surface area contributed by atoms with Crippen LogP contribution in [0.4, 0.5) is 5.69 Å². The Kier molecular flexibility index (Phi) is 4.57. The van der Waals surface area contributed by atoms with Crippen LogP contribution in [-0.2, 0) is 11.2 Å². The largest absolute Gasteiger partial charge is 0.478 e. The Balaban J connectivity index is 2.00. The van der Waals surface area contributed by atoms with Gasteiger partial charge >= 0.3 is 5.97 Å². The average molecular weight is 338 g/mol. The molecular weight excluding hydrogens is 326 g/mol. The van der Waals surface area contributed by atoms with Gasteiger partial charge < -0.3 is 14.8 Å². The molecule has 0 bridgehead atoms. The summed E-state index contributed by atoms with van der Waals surface area (Å²) in [5, 5.41) is 11.6. The van der Waals surface area contributed by atoms with Gasteiger partial charge in [0.15, 0.2) is 0 Å². The van der Waals surface area contributed by atoms with E-state index in [9.17, 15) is 9.59 Å². The summed E-state index contributed by atoms with van der Waals surface area (Å²) >= 11 is 3.27. The third-order valence-corrected chi connectivity index (χ3v) is 3.36. The fraction of sp³-hybridized carbons (Fsp3) is 0.143. The molecule has 0 fully saturated rings. The summed E-state index contributed by atoms with van der Waals surface area (Å²) in [5.41, 5.74) is 0.559.